The number of aryl methyl sites for hydroxylation is 1. The van der Waals surface area contributed by atoms with Crippen molar-refractivity contribution in [3.8, 4) is 0 Å². The molecule has 1 aromatic heterocycles. The van der Waals surface area contributed by atoms with Crippen molar-refractivity contribution in [2.75, 3.05) is 6.61 Å². The molecule has 2 heterocycles. The quantitative estimate of drug-likeness (QED) is 0.634. The molecule has 3 N–H and O–H groups in total. The highest BCUT2D eigenvalue weighted by molar-refractivity contribution is 5.05. The van der Waals surface area contributed by atoms with Gasteiger partial charge in [0.1, 0.15) is 12.2 Å². The topological polar surface area (TPSA) is 105 Å². The third kappa shape index (κ3) is 2.34. The molecule has 0 amide bonds. The molecular weight excluding hydrogens is 259 g/mol. The first kappa shape index (κ1) is 13.9. The molecule has 1 saturated heterocycles. The van der Waals surface area contributed by atoms with Crippen LogP contribution in [0.5, 0.6) is 0 Å². The molecule has 1 fully saturated rings. The molecule has 0 saturated carbocycles. The summed E-state index contributed by atoms with van der Waals surface area (Å²) >= 11 is 0. The summed E-state index contributed by atoms with van der Waals surface area (Å²) in [4.78, 5) is 25.1. The van der Waals surface area contributed by atoms with Crippen molar-refractivity contribution < 1.29 is 19.3 Å². The fourth-order valence-corrected chi connectivity index (χ4v) is 2.05. The summed E-state index contributed by atoms with van der Waals surface area (Å²) in [7, 11) is 0. The van der Waals surface area contributed by atoms with Gasteiger partial charge in [-0.1, -0.05) is 6.92 Å². The molecule has 8 heteroatoms. The Bertz CT molecular complexity index is 569. The Kier molecular flexibility index (Phi) is 3.83. The first-order valence-corrected chi connectivity index (χ1v) is 5.92. The minimum Gasteiger partial charge on any atom is -0.394 e. The van der Waals surface area contributed by atoms with Gasteiger partial charge in [-0.25, -0.2) is 9.18 Å². The van der Waals surface area contributed by atoms with E-state index in [0.29, 0.717) is 12.0 Å². The third-order valence-corrected chi connectivity index (χ3v) is 3.17. The van der Waals surface area contributed by atoms with Crippen molar-refractivity contribution in [3.63, 3.8) is 0 Å². The minimum atomic E-state index is -1.86. The predicted molar refractivity (Wildman–Crippen MR) is 62.6 cm³/mol. The number of aromatic nitrogens is 2. The molecule has 19 heavy (non-hydrogen) atoms. The van der Waals surface area contributed by atoms with Gasteiger partial charge in [0.2, 0.25) is 0 Å². The number of aromatic amines is 1. The molecule has 1 aromatic rings. The van der Waals surface area contributed by atoms with E-state index in [-0.39, 0.29) is 0 Å². The van der Waals surface area contributed by atoms with E-state index in [0.717, 1.165) is 4.57 Å². The van der Waals surface area contributed by atoms with Crippen LogP contribution in [0.1, 0.15) is 18.7 Å². The highest BCUT2D eigenvalue weighted by atomic mass is 19.1. The van der Waals surface area contributed by atoms with Crippen molar-refractivity contribution in [2.24, 2.45) is 0 Å². The van der Waals surface area contributed by atoms with Crippen LogP contribution in [0.3, 0.4) is 0 Å². The highest BCUT2D eigenvalue weighted by Gasteiger charge is 2.45. The number of hydrogen-bond donors (Lipinski definition) is 3. The maximum absolute atomic E-state index is 13.9. The van der Waals surface area contributed by atoms with Gasteiger partial charge in [0.15, 0.2) is 12.4 Å². The van der Waals surface area contributed by atoms with Crippen molar-refractivity contribution in [1.82, 2.24) is 9.55 Å². The van der Waals surface area contributed by atoms with Crippen molar-refractivity contribution in [1.29, 1.82) is 0 Å². The number of H-pyrrole nitrogens is 1. The van der Waals surface area contributed by atoms with Crippen molar-refractivity contribution in [3.05, 3.63) is 32.6 Å². The smallest absolute Gasteiger partial charge is 0.330 e. The Morgan fingerprint density at radius 2 is 2.21 bits per heavy atom. The van der Waals surface area contributed by atoms with E-state index in [1.807, 2.05) is 0 Å². The Labute approximate surface area is 107 Å². The Morgan fingerprint density at radius 1 is 1.53 bits per heavy atom. The van der Waals surface area contributed by atoms with E-state index < -0.39 is 42.5 Å². The number of aliphatic hydroxyl groups is 2. The largest absolute Gasteiger partial charge is 0.394 e. The monoisotopic (exact) mass is 274 g/mol. The second kappa shape index (κ2) is 5.24. The molecule has 0 aromatic carbocycles. The lowest BCUT2D eigenvalue weighted by molar-refractivity contribution is -0.0492. The summed E-state index contributed by atoms with van der Waals surface area (Å²) in [6, 6.07) is 0. The van der Waals surface area contributed by atoms with E-state index in [2.05, 4.69) is 4.98 Å². The first-order valence-electron chi connectivity index (χ1n) is 5.92. The van der Waals surface area contributed by atoms with Crippen LogP contribution >= 0.6 is 0 Å². The second-order valence-electron chi connectivity index (χ2n) is 4.36. The summed E-state index contributed by atoms with van der Waals surface area (Å²) in [5.74, 6) is 0. The summed E-state index contributed by atoms with van der Waals surface area (Å²) in [6.07, 6.45) is -4.24. The molecule has 0 bridgehead atoms. The van der Waals surface area contributed by atoms with Gasteiger partial charge in [-0.2, -0.15) is 0 Å². The zero-order valence-corrected chi connectivity index (χ0v) is 10.2. The summed E-state index contributed by atoms with van der Waals surface area (Å²) in [6.45, 7) is 1.16. The van der Waals surface area contributed by atoms with Crippen molar-refractivity contribution >= 4 is 0 Å². The summed E-state index contributed by atoms with van der Waals surface area (Å²) in [5, 5.41) is 18.5. The van der Waals surface area contributed by atoms with Crippen LogP contribution < -0.4 is 11.2 Å². The van der Waals surface area contributed by atoms with Gasteiger partial charge in [0.05, 0.1) is 6.61 Å². The molecule has 2 rings (SSSR count). The Hall–Kier alpha value is -1.51. The van der Waals surface area contributed by atoms with Gasteiger partial charge < -0.3 is 14.9 Å². The summed E-state index contributed by atoms with van der Waals surface area (Å²) < 4.78 is 19.9. The number of nitrogens with zero attached hydrogens (tertiary/aromatic N) is 1. The third-order valence-electron chi connectivity index (χ3n) is 3.17. The highest BCUT2D eigenvalue weighted by Crippen LogP contribution is 2.30. The van der Waals surface area contributed by atoms with Gasteiger partial charge in [-0.15, -0.1) is 0 Å². The minimum absolute atomic E-state index is 0.303. The standard InChI is InChI=1S/C11H15FN2O5/c1-2-5-3-14(11(18)13-9(5)17)10-7(12)8(16)6(4-15)19-10/h3,6-8,10,15-16H,2,4H2,1H3,(H,13,17,18)/t6-,7+,8-,10?/m1/s1. The zero-order valence-electron chi connectivity index (χ0n) is 10.2. The SMILES string of the molecule is CCc1cn(C2O[C@H](CO)[C@@H](O)[C@@H]2F)c(=O)[nH]c1=O. The summed E-state index contributed by atoms with van der Waals surface area (Å²) in [5.41, 5.74) is -1.05. The number of nitrogens with one attached hydrogen (secondary N) is 1. The fourth-order valence-electron chi connectivity index (χ4n) is 2.05. The maximum atomic E-state index is 13.9. The van der Waals surface area contributed by atoms with E-state index >= 15 is 0 Å². The average Bonchev–Trinajstić information content (AvgIpc) is 2.67. The van der Waals surface area contributed by atoms with Crippen LogP contribution in [0.4, 0.5) is 4.39 Å². The molecule has 0 aliphatic carbocycles. The number of alkyl halides is 1. The molecule has 0 radical (unpaired) electrons. The molecule has 0 spiro atoms. The molecule has 4 atom stereocenters. The predicted octanol–water partition coefficient (Wildman–Crippen LogP) is -1.31. The molecule has 1 unspecified atom stereocenters. The normalized spacial score (nSPS) is 30.7. The molecule has 7 nitrogen and oxygen atoms in total. The molecular formula is C11H15FN2O5. The van der Waals surface area contributed by atoms with Crippen LogP contribution in [-0.2, 0) is 11.2 Å². The zero-order chi connectivity index (χ0) is 14.2. The first-order chi connectivity index (χ1) is 8.99. The van der Waals surface area contributed by atoms with Crippen molar-refractivity contribution in [2.45, 2.75) is 38.0 Å². The van der Waals surface area contributed by atoms with E-state index in [9.17, 15) is 19.1 Å². The van der Waals surface area contributed by atoms with Crippen LogP contribution in [0.2, 0.25) is 0 Å². The number of aliphatic hydroxyl groups excluding tert-OH is 2. The van der Waals surface area contributed by atoms with Crippen LogP contribution in [-0.4, -0.2) is 44.8 Å². The molecule has 1 aliphatic rings. The average molecular weight is 274 g/mol. The van der Waals surface area contributed by atoms with Gasteiger partial charge in [-0.05, 0) is 6.42 Å². The number of hydrogen-bond acceptors (Lipinski definition) is 5. The van der Waals surface area contributed by atoms with Gasteiger partial charge >= 0.3 is 5.69 Å². The lowest BCUT2D eigenvalue weighted by atomic mass is 10.1. The lowest BCUT2D eigenvalue weighted by Gasteiger charge is -2.16. The maximum Gasteiger partial charge on any atom is 0.330 e. The van der Waals surface area contributed by atoms with Gasteiger partial charge in [-0.3, -0.25) is 14.3 Å². The fraction of sp³-hybridized carbons (Fsp3) is 0.636. The number of halogens is 1. The second-order valence-corrected chi connectivity index (χ2v) is 4.36. The lowest BCUT2D eigenvalue weighted by Crippen LogP contribution is -2.37. The van der Waals surface area contributed by atoms with Crippen LogP contribution in [0, 0.1) is 0 Å². The number of rotatable bonds is 3. The van der Waals surface area contributed by atoms with Gasteiger partial charge in [0.25, 0.3) is 5.56 Å². The van der Waals surface area contributed by atoms with E-state index in [1.54, 1.807) is 6.92 Å². The molecule has 106 valence electrons. The van der Waals surface area contributed by atoms with E-state index in [1.165, 1.54) is 6.20 Å². The Balaban J connectivity index is 2.43. The van der Waals surface area contributed by atoms with Gasteiger partial charge in [0, 0.05) is 11.8 Å². The van der Waals surface area contributed by atoms with Crippen LogP contribution in [0.25, 0.3) is 0 Å². The van der Waals surface area contributed by atoms with E-state index in [4.69, 9.17) is 9.84 Å². The van der Waals surface area contributed by atoms with Crippen LogP contribution in [0.15, 0.2) is 15.8 Å². The number of ether oxygens (including phenoxy) is 1. The molecule has 1 aliphatic heterocycles. The Morgan fingerprint density at radius 3 is 2.74 bits per heavy atom.